The van der Waals surface area contributed by atoms with E-state index in [4.69, 9.17) is 5.11 Å². The van der Waals surface area contributed by atoms with Crippen LogP contribution in [0.5, 0.6) is 0 Å². The Morgan fingerprint density at radius 2 is 2.00 bits per heavy atom. The molecule has 6 heteroatoms. The van der Waals surface area contributed by atoms with Crippen LogP contribution in [-0.2, 0) is 14.6 Å². The number of hydrogen-bond acceptors (Lipinski definition) is 4. The summed E-state index contributed by atoms with van der Waals surface area (Å²) in [6.45, 7) is 2.66. The van der Waals surface area contributed by atoms with E-state index >= 15 is 0 Å². The number of carboxylic acid groups (broad SMARTS) is 1. The first-order valence-corrected chi connectivity index (χ1v) is 8.42. The van der Waals surface area contributed by atoms with Gasteiger partial charge in [0.1, 0.15) is 0 Å². The molecule has 0 saturated heterocycles. The molecule has 2 unspecified atom stereocenters. The van der Waals surface area contributed by atoms with Crippen molar-refractivity contribution in [3.63, 3.8) is 0 Å². The van der Waals surface area contributed by atoms with Gasteiger partial charge in [0.05, 0.1) is 11.7 Å². The highest BCUT2D eigenvalue weighted by molar-refractivity contribution is 7.91. The molecule has 18 heavy (non-hydrogen) atoms. The van der Waals surface area contributed by atoms with Gasteiger partial charge in [-0.15, -0.1) is 0 Å². The molecule has 1 saturated carbocycles. The molecule has 0 aromatic rings. The highest BCUT2D eigenvalue weighted by atomic mass is 32.2. The summed E-state index contributed by atoms with van der Waals surface area (Å²) in [4.78, 5) is 11.1. The van der Waals surface area contributed by atoms with Crippen LogP contribution in [0.15, 0.2) is 0 Å². The molecule has 106 valence electrons. The molecule has 0 bridgehead atoms. The highest BCUT2D eigenvalue weighted by Crippen LogP contribution is 2.29. The number of rotatable bonds is 7. The zero-order valence-corrected chi connectivity index (χ0v) is 11.7. The Bertz CT molecular complexity index is 366. The summed E-state index contributed by atoms with van der Waals surface area (Å²) < 4.78 is 22.6. The maximum Gasteiger partial charge on any atom is 0.306 e. The van der Waals surface area contributed by atoms with E-state index in [1.54, 1.807) is 6.92 Å². The molecular weight excluding hydrogens is 254 g/mol. The maximum absolute atomic E-state index is 11.3. The first kappa shape index (κ1) is 15.4. The van der Waals surface area contributed by atoms with E-state index < -0.39 is 15.8 Å². The molecule has 2 N–H and O–H groups in total. The number of hydrogen-bond donors (Lipinski definition) is 2. The second-order valence-corrected chi connectivity index (χ2v) is 7.40. The fourth-order valence-corrected chi connectivity index (χ4v) is 3.18. The van der Waals surface area contributed by atoms with Crippen LogP contribution in [0.1, 0.15) is 32.6 Å². The van der Waals surface area contributed by atoms with E-state index in [1.165, 1.54) is 0 Å². The van der Waals surface area contributed by atoms with E-state index in [9.17, 15) is 13.2 Å². The summed E-state index contributed by atoms with van der Waals surface area (Å²) >= 11 is 0. The molecule has 5 nitrogen and oxygen atoms in total. The van der Waals surface area contributed by atoms with Crippen molar-refractivity contribution in [3.05, 3.63) is 0 Å². The van der Waals surface area contributed by atoms with E-state index in [-0.39, 0.29) is 23.3 Å². The summed E-state index contributed by atoms with van der Waals surface area (Å²) in [6.07, 6.45) is 3.72. The topological polar surface area (TPSA) is 83.5 Å². The molecule has 1 aliphatic rings. The lowest BCUT2D eigenvalue weighted by atomic mass is 9.79. The highest BCUT2D eigenvalue weighted by Gasteiger charge is 2.30. The molecule has 0 radical (unpaired) electrons. The van der Waals surface area contributed by atoms with Gasteiger partial charge in [0.15, 0.2) is 9.84 Å². The molecule has 0 spiro atoms. The molecule has 0 aliphatic heterocycles. The molecule has 0 heterocycles. The third-order valence-corrected chi connectivity index (χ3v) is 5.37. The van der Waals surface area contributed by atoms with Gasteiger partial charge in [-0.25, -0.2) is 8.42 Å². The minimum atomic E-state index is -2.93. The van der Waals surface area contributed by atoms with Gasteiger partial charge in [0.25, 0.3) is 0 Å². The van der Waals surface area contributed by atoms with E-state index in [1.807, 2.05) is 0 Å². The average molecular weight is 277 g/mol. The van der Waals surface area contributed by atoms with Crippen molar-refractivity contribution in [1.29, 1.82) is 0 Å². The van der Waals surface area contributed by atoms with Gasteiger partial charge in [-0.2, -0.15) is 0 Å². The van der Waals surface area contributed by atoms with Crippen molar-refractivity contribution in [2.45, 2.75) is 32.6 Å². The number of carbonyl (C=O) groups is 1. The Balaban J connectivity index is 2.31. The molecule has 1 rings (SSSR count). The average Bonchev–Trinajstić information content (AvgIpc) is 2.35. The second kappa shape index (κ2) is 7.09. The van der Waals surface area contributed by atoms with Gasteiger partial charge in [-0.05, 0) is 25.3 Å². The molecule has 0 amide bonds. The van der Waals surface area contributed by atoms with Gasteiger partial charge in [0, 0.05) is 12.3 Å². The number of aliphatic carboxylic acids is 1. The van der Waals surface area contributed by atoms with E-state index in [0.29, 0.717) is 13.1 Å². The van der Waals surface area contributed by atoms with Crippen LogP contribution in [0.25, 0.3) is 0 Å². The zero-order valence-electron chi connectivity index (χ0n) is 10.9. The van der Waals surface area contributed by atoms with Gasteiger partial charge < -0.3 is 10.4 Å². The second-order valence-electron chi connectivity index (χ2n) is 4.93. The summed E-state index contributed by atoms with van der Waals surface area (Å²) in [5.74, 6) is -0.554. The molecular formula is C12H23NO4S. The standard InChI is InChI=1S/C12H23NO4S/c1-2-18(16,17)8-7-13-9-10-5-3-4-6-11(10)12(14)15/h10-11,13H,2-9H2,1H3,(H,14,15). The van der Waals surface area contributed by atoms with E-state index in [0.717, 1.165) is 25.7 Å². The van der Waals surface area contributed by atoms with Crippen LogP contribution >= 0.6 is 0 Å². The maximum atomic E-state index is 11.3. The van der Waals surface area contributed by atoms with Crippen LogP contribution in [-0.4, -0.2) is 44.1 Å². The summed E-state index contributed by atoms with van der Waals surface area (Å²) in [7, 11) is -2.93. The van der Waals surface area contributed by atoms with Gasteiger partial charge in [-0.1, -0.05) is 19.8 Å². The lowest BCUT2D eigenvalue weighted by Gasteiger charge is -2.28. The van der Waals surface area contributed by atoms with Crippen molar-refractivity contribution >= 4 is 15.8 Å². The largest absolute Gasteiger partial charge is 0.481 e. The number of sulfone groups is 1. The van der Waals surface area contributed by atoms with Crippen LogP contribution in [0.3, 0.4) is 0 Å². The summed E-state index contributed by atoms with van der Waals surface area (Å²) in [5, 5.41) is 12.2. The van der Waals surface area contributed by atoms with Crippen molar-refractivity contribution in [2.24, 2.45) is 11.8 Å². The SMILES string of the molecule is CCS(=O)(=O)CCNCC1CCCCC1C(=O)O. The minimum Gasteiger partial charge on any atom is -0.481 e. The summed E-state index contributed by atoms with van der Waals surface area (Å²) in [5.41, 5.74) is 0. The molecule has 0 aromatic carbocycles. The third-order valence-electron chi connectivity index (χ3n) is 3.66. The lowest BCUT2D eigenvalue weighted by molar-refractivity contribution is -0.144. The van der Waals surface area contributed by atoms with Gasteiger partial charge in [0.2, 0.25) is 0 Å². The fraction of sp³-hybridized carbons (Fsp3) is 0.917. The van der Waals surface area contributed by atoms with Crippen molar-refractivity contribution in [2.75, 3.05) is 24.6 Å². The molecule has 2 atom stereocenters. The Morgan fingerprint density at radius 1 is 1.33 bits per heavy atom. The van der Waals surface area contributed by atoms with Crippen molar-refractivity contribution < 1.29 is 18.3 Å². The normalized spacial score (nSPS) is 24.9. The van der Waals surface area contributed by atoms with Crippen LogP contribution < -0.4 is 5.32 Å². The van der Waals surface area contributed by atoms with Gasteiger partial charge in [-0.3, -0.25) is 4.79 Å². The van der Waals surface area contributed by atoms with Crippen LogP contribution in [0, 0.1) is 11.8 Å². The third kappa shape index (κ3) is 4.94. The Labute approximate surface area is 109 Å². The van der Waals surface area contributed by atoms with Gasteiger partial charge >= 0.3 is 5.97 Å². The first-order valence-electron chi connectivity index (χ1n) is 6.60. The molecule has 0 aromatic heterocycles. The quantitative estimate of drug-likeness (QED) is 0.676. The summed E-state index contributed by atoms with van der Waals surface area (Å²) in [6, 6.07) is 0. The van der Waals surface area contributed by atoms with Crippen LogP contribution in [0.4, 0.5) is 0 Å². The lowest BCUT2D eigenvalue weighted by Crippen LogP contribution is -2.36. The minimum absolute atomic E-state index is 0.133. The smallest absolute Gasteiger partial charge is 0.306 e. The zero-order chi connectivity index (χ0) is 13.6. The van der Waals surface area contributed by atoms with E-state index in [2.05, 4.69) is 5.32 Å². The predicted octanol–water partition coefficient (Wildman–Crippen LogP) is 0.902. The molecule has 1 aliphatic carbocycles. The Hall–Kier alpha value is -0.620. The Kier molecular flexibility index (Phi) is 6.08. The predicted molar refractivity (Wildman–Crippen MR) is 70.3 cm³/mol. The van der Waals surface area contributed by atoms with Crippen molar-refractivity contribution in [1.82, 2.24) is 5.32 Å². The number of nitrogens with one attached hydrogen (secondary N) is 1. The monoisotopic (exact) mass is 277 g/mol. The molecule has 1 fully saturated rings. The first-order chi connectivity index (χ1) is 8.46. The number of carboxylic acids is 1. The fourth-order valence-electron chi connectivity index (χ4n) is 2.44. The van der Waals surface area contributed by atoms with Crippen LogP contribution in [0.2, 0.25) is 0 Å². The Morgan fingerprint density at radius 3 is 2.61 bits per heavy atom. The van der Waals surface area contributed by atoms with Crippen molar-refractivity contribution in [3.8, 4) is 0 Å².